The third-order valence-electron chi connectivity index (χ3n) is 2.07. The highest BCUT2D eigenvalue weighted by molar-refractivity contribution is 7.89. The summed E-state index contributed by atoms with van der Waals surface area (Å²) >= 11 is 5.61. The number of nitrogens with zero attached hydrogens (tertiary/aromatic N) is 1. The quantitative estimate of drug-likeness (QED) is 0.823. The normalized spacial score (nSPS) is 12.7. The molecule has 0 bridgehead atoms. The number of alkyl halides is 1. The Hall–Kier alpha value is -0.650. The third kappa shape index (κ3) is 3.73. The Morgan fingerprint density at radius 3 is 2.69 bits per heavy atom. The standard InChI is InChI=1S/C10H15ClN2O2S/c1-10(2,5-6-11)13-16(14,15)9-4-3-7-12-8-9/h3-4,7-8,13H,5-6H2,1-2H3. The molecule has 0 aliphatic heterocycles. The second-order valence-electron chi connectivity index (χ2n) is 4.12. The number of sulfonamides is 1. The molecule has 1 rings (SSSR count). The second kappa shape index (κ2) is 5.12. The molecule has 0 atom stereocenters. The van der Waals surface area contributed by atoms with Gasteiger partial charge in [0.25, 0.3) is 0 Å². The molecule has 0 saturated carbocycles. The lowest BCUT2D eigenvalue weighted by Gasteiger charge is -2.24. The minimum Gasteiger partial charge on any atom is -0.263 e. The Bertz CT molecular complexity index is 431. The predicted octanol–water partition coefficient (Wildman–Crippen LogP) is 1.77. The van der Waals surface area contributed by atoms with Crippen LogP contribution >= 0.6 is 11.6 Å². The van der Waals surface area contributed by atoms with Crippen molar-refractivity contribution >= 4 is 21.6 Å². The molecular formula is C10H15ClN2O2S. The van der Waals surface area contributed by atoms with Gasteiger partial charge in [-0.3, -0.25) is 4.98 Å². The van der Waals surface area contributed by atoms with Crippen molar-refractivity contribution in [3.05, 3.63) is 24.5 Å². The average Bonchev–Trinajstić information content (AvgIpc) is 2.17. The molecule has 0 unspecified atom stereocenters. The molecule has 0 radical (unpaired) electrons. The van der Waals surface area contributed by atoms with Gasteiger partial charge in [0.1, 0.15) is 4.90 Å². The van der Waals surface area contributed by atoms with Crippen LogP contribution in [0, 0.1) is 0 Å². The fourth-order valence-corrected chi connectivity index (χ4v) is 3.09. The maximum atomic E-state index is 11.9. The van der Waals surface area contributed by atoms with E-state index in [4.69, 9.17) is 11.6 Å². The fourth-order valence-electron chi connectivity index (χ4n) is 1.22. The molecule has 6 heteroatoms. The summed E-state index contributed by atoms with van der Waals surface area (Å²) in [5.41, 5.74) is -0.559. The Morgan fingerprint density at radius 2 is 2.19 bits per heavy atom. The number of rotatable bonds is 5. The van der Waals surface area contributed by atoms with Gasteiger partial charge in [0, 0.05) is 23.8 Å². The van der Waals surface area contributed by atoms with Gasteiger partial charge >= 0.3 is 0 Å². The largest absolute Gasteiger partial charge is 0.263 e. The Balaban J connectivity index is 2.89. The first-order chi connectivity index (χ1) is 7.37. The molecule has 0 aliphatic carbocycles. The molecule has 0 amide bonds. The zero-order valence-corrected chi connectivity index (χ0v) is 10.8. The van der Waals surface area contributed by atoms with Crippen molar-refractivity contribution in [2.75, 3.05) is 5.88 Å². The van der Waals surface area contributed by atoms with Crippen LogP contribution in [0.5, 0.6) is 0 Å². The van der Waals surface area contributed by atoms with E-state index in [1.165, 1.54) is 18.5 Å². The van der Waals surface area contributed by atoms with E-state index >= 15 is 0 Å². The molecule has 16 heavy (non-hydrogen) atoms. The van der Waals surface area contributed by atoms with Gasteiger partial charge in [0.05, 0.1) is 0 Å². The Labute approximate surface area is 101 Å². The van der Waals surface area contributed by atoms with E-state index in [9.17, 15) is 8.42 Å². The Kier molecular flexibility index (Phi) is 4.29. The zero-order chi connectivity index (χ0) is 12.2. The van der Waals surface area contributed by atoms with Gasteiger partial charge in [0.15, 0.2) is 0 Å². The molecule has 1 N–H and O–H groups in total. The van der Waals surface area contributed by atoms with Gasteiger partial charge in [-0.15, -0.1) is 11.6 Å². The van der Waals surface area contributed by atoms with Crippen molar-refractivity contribution in [1.29, 1.82) is 0 Å². The van der Waals surface area contributed by atoms with Crippen LogP contribution < -0.4 is 4.72 Å². The average molecular weight is 263 g/mol. The van der Waals surface area contributed by atoms with Gasteiger partial charge in [-0.25, -0.2) is 13.1 Å². The van der Waals surface area contributed by atoms with Crippen molar-refractivity contribution < 1.29 is 8.42 Å². The molecule has 0 saturated heterocycles. The van der Waals surface area contributed by atoms with Crippen molar-refractivity contribution in [3.63, 3.8) is 0 Å². The first-order valence-electron chi connectivity index (χ1n) is 4.87. The van der Waals surface area contributed by atoms with E-state index < -0.39 is 15.6 Å². The molecule has 4 nitrogen and oxygen atoms in total. The first kappa shape index (κ1) is 13.4. The molecule has 0 aromatic carbocycles. The van der Waals surface area contributed by atoms with Crippen molar-refractivity contribution in [3.8, 4) is 0 Å². The maximum absolute atomic E-state index is 11.9. The van der Waals surface area contributed by atoms with Gasteiger partial charge in [0.2, 0.25) is 10.0 Å². The molecule has 1 heterocycles. The molecule has 1 aromatic heterocycles. The smallest absolute Gasteiger partial charge is 0.242 e. The minimum absolute atomic E-state index is 0.164. The van der Waals surface area contributed by atoms with E-state index in [1.807, 2.05) is 0 Å². The number of halogens is 1. The van der Waals surface area contributed by atoms with Gasteiger partial charge in [-0.05, 0) is 32.4 Å². The van der Waals surface area contributed by atoms with Crippen molar-refractivity contribution in [2.45, 2.75) is 30.7 Å². The number of aromatic nitrogens is 1. The second-order valence-corrected chi connectivity index (χ2v) is 6.18. The van der Waals surface area contributed by atoms with Gasteiger partial charge in [-0.1, -0.05) is 0 Å². The summed E-state index contributed by atoms with van der Waals surface area (Å²) < 4.78 is 26.5. The summed E-state index contributed by atoms with van der Waals surface area (Å²) in [5, 5.41) is 0. The molecule has 1 aromatic rings. The summed E-state index contributed by atoms with van der Waals surface area (Å²) in [5.74, 6) is 0.405. The van der Waals surface area contributed by atoms with Gasteiger partial charge < -0.3 is 0 Å². The van der Waals surface area contributed by atoms with Crippen LogP contribution in [0.25, 0.3) is 0 Å². The number of nitrogens with one attached hydrogen (secondary N) is 1. The first-order valence-corrected chi connectivity index (χ1v) is 6.89. The van der Waals surface area contributed by atoms with E-state index in [1.54, 1.807) is 19.9 Å². The number of pyridine rings is 1. The molecule has 0 spiro atoms. The maximum Gasteiger partial charge on any atom is 0.242 e. The van der Waals surface area contributed by atoms with Crippen LogP contribution in [0.2, 0.25) is 0 Å². The highest BCUT2D eigenvalue weighted by Crippen LogP contribution is 2.15. The van der Waals surface area contributed by atoms with Crippen LogP contribution in [0.3, 0.4) is 0 Å². The molecular weight excluding hydrogens is 248 g/mol. The number of hydrogen-bond donors (Lipinski definition) is 1. The van der Waals surface area contributed by atoms with Crippen LogP contribution in [0.15, 0.2) is 29.4 Å². The van der Waals surface area contributed by atoms with E-state index in [2.05, 4.69) is 9.71 Å². The van der Waals surface area contributed by atoms with Gasteiger partial charge in [-0.2, -0.15) is 0 Å². The monoisotopic (exact) mass is 262 g/mol. The summed E-state index contributed by atoms with van der Waals surface area (Å²) in [6, 6.07) is 3.09. The SMILES string of the molecule is CC(C)(CCCl)NS(=O)(=O)c1cccnc1. The molecule has 90 valence electrons. The van der Waals surface area contributed by atoms with Crippen LogP contribution in [0.1, 0.15) is 20.3 Å². The zero-order valence-electron chi connectivity index (χ0n) is 9.27. The van der Waals surface area contributed by atoms with Crippen molar-refractivity contribution in [1.82, 2.24) is 9.71 Å². The lowest BCUT2D eigenvalue weighted by molar-refractivity contribution is 0.441. The fraction of sp³-hybridized carbons (Fsp3) is 0.500. The summed E-state index contributed by atoms with van der Waals surface area (Å²) in [7, 11) is -3.51. The summed E-state index contributed by atoms with van der Waals surface area (Å²) in [6.45, 7) is 3.59. The molecule has 0 fully saturated rings. The molecule has 0 aliphatic rings. The Morgan fingerprint density at radius 1 is 1.50 bits per heavy atom. The topological polar surface area (TPSA) is 59.1 Å². The third-order valence-corrected chi connectivity index (χ3v) is 3.95. The van der Waals surface area contributed by atoms with Crippen molar-refractivity contribution in [2.24, 2.45) is 0 Å². The number of hydrogen-bond acceptors (Lipinski definition) is 3. The lowest BCUT2D eigenvalue weighted by Crippen LogP contribution is -2.43. The predicted molar refractivity (Wildman–Crippen MR) is 64.0 cm³/mol. The highest BCUT2D eigenvalue weighted by atomic mass is 35.5. The highest BCUT2D eigenvalue weighted by Gasteiger charge is 2.25. The van der Waals surface area contributed by atoms with Crippen LogP contribution in [0.4, 0.5) is 0 Å². The van der Waals surface area contributed by atoms with Crippen LogP contribution in [-0.2, 0) is 10.0 Å². The summed E-state index contributed by atoms with van der Waals surface area (Å²) in [4.78, 5) is 3.95. The van der Waals surface area contributed by atoms with E-state index in [0.717, 1.165) is 0 Å². The minimum atomic E-state index is -3.51. The lowest BCUT2D eigenvalue weighted by atomic mass is 10.0. The van der Waals surface area contributed by atoms with E-state index in [0.29, 0.717) is 12.3 Å². The van der Waals surface area contributed by atoms with Crippen LogP contribution in [-0.4, -0.2) is 24.8 Å². The summed E-state index contributed by atoms with van der Waals surface area (Å²) in [6.07, 6.45) is 3.41. The van der Waals surface area contributed by atoms with E-state index in [-0.39, 0.29) is 4.90 Å².